The Balaban J connectivity index is 2.03. The number of carbonyl (C=O) groups is 1. The number of aryl methyl sites for hydroxylation is 2. The van der Waals surface area contributed by atoms with Crippen molar-refractivity contribution in [1.29, 1.82) is 0 Å². The van der Waals surface area contributed by atoms with Gasteiger partial charge in [0, 0.05) is 20.4 Å². The molecule has 3 nitrogen and oxygen atoms in total. The number of hydrogen-bond acceptors (Lipinski definition) is 3. The summed E-state index contributed by atoms with van der Waals surface area (Å²) >= 11 is 5.03. The van der Waals surface area contributed by atoms with Gasteiger partial charge in [-0.2, -0.15) is 0 Å². The van der Waals surface area contributed by atoms with E-state index in [9.17, 15) is 4.79 Å². The number of halogens is 1. The topological polar surface area (TPSA) is 42.0 Å². The van der Waals surface area contributed by atoms with Crippen LogP contribution in [0.25, 0.3) is 0 Å². The number of carbonyl (C=O) groups excluding carboxylic acids is 1. The van der Waals surface area contributed by atoms with Crippen molar-refractivity contribution < 1.29 is 4.79 Å². The lowest BCUT2D eigenvalue weighted by molar-refractivity contribution is 0.0945. The molecule has 0 aromatic carbocycles. The molecule has 2 rings (SSSR count). The molecule has 18 heavy (non-hydrogen) atoms. The lowest BCUT2D eigenvalue weighted by atomic mass is 10.3. The van der Waals surface area contributed by atoms with Crippen molar-refractivity contribution in [2.24, 2.45) is 0 Å². The van der Waals surface area contributed by atoms with Gasteiger partial charge in [-0.15, -0.1) is 11.3 Å². The molecule has 0 radical (unpaired) electrons. The lowest BCUT2D eigenvalue weighted by Gasteiger charge is -2.04. The first-order chi connectivity index (χ1) is 8.58. The number of nitrogens with zero attached hydrogens (tertiary/aromatic N) is 1. The highest BCUT2D eigenvalue weighted by molar-refractivity contribution is 9.10. The molecule has 2 aromatic rings. The summed E-state index contributed by atoms with van der Waals surface area (Å²) in [7, 11) is 0. The molecule has 0 aliphatic rings. The highest BCUT2D eigenvalue weighted by Gasteiger charge is 2.11. The van der Waals surface area contributed by atoms with Gasteiger partial charge >= 0.3 is 0 Å². The van der Waals surface area contributed by atoms with E-state index in [1.807, 2.05) is 0 Å². The number of hydrogen-bond donors (Lipinski definition) is 1. The zero-order valence-electron chi connectivity index (χ0n) is 10.2. The van der Waals surface area contributed by atoms with Crippen LogP contribution in [-0.4, -0.2) is 10.9 Å². The molecule has 1 N–H and O–H groups in total. The standard InChI is InChI=1S/C13H13BrN2OS/c1-8-6-10(18-9(8)2)7-16-13(17)12-11(14)4-3-5-15-12/h3-6H,7H2,1-2H3,(H,16,17). The average molecular weight is 325 g/mol. The first-order valence-corrected chi connectivity index (χ1v) is 7.13. The number of thiophene rings is 1. The third kappa shape index (κ3) is 2.97. The molecule has 0 fully saturated rings. The van der Waals surface area contributed by atoms with Gasteiger partial charge in [0.1, 0.15) is 5.69 Å². The largest absolute Gasteiger partial charge is 0.346 e. The molecule has 0 saturated heterocycles. The summed E-state index contributed by atoms with van der Waals surface area (Å²) in [6.45, 7) is 4.70. The van der Waals surface area contributed by atoms with E-state index >= 15 is 0 Å². The predicted octanol–water partition coefficient (Wildman–Crippen LogP) is 3.45. The van der Waals surface area contributed by atoms with Crippen LogP contribution in [-0.2, 0) is 6.54 Å². The van der Waals surface area contributed by atoms with Crippen molar-refractivity contribution in [2.45, 2.75) is 20.4 Å². The van der Waals surface area contributed by atoms with Gasteiger partial charge < -0.3 is 5.32 Å². The quantitative estimate of drug-likeness (QED) is 0.939. The number of aromatic nitrogens is 1. The van der Waals surface area contributed by atoms with Crippen LogP contribution in [0.2, 0.25) is 0 Å². The Hall–Kier alpha value is -1.20. The predicted molar refractivity (Wildman–Crippen MR) is 76.9 cm³/mol. The molecule has 0 saturated carbocycles. The Morgan fingerprint density at radius 2 is 2.28 bits per heavy atom. The van der Waals surface area contributed by atoms with E-state index in [0.29, 0.717) is 16.7 Å². The fraction of sp³-hybridized carbons (Fsp3) is 0.231. The van der Waals surface area contributed by atoms with Gasteiger partial charge in [0.05, 0.1) is 6.54 Å². The third-order valence-electron chi connectivity index (χ3n) is 2.61. The molecule has 5 heteroatoms. The summed E-state index contributed by atoms with van der Waals surface area (Å²) in [5.41, 5.74) is 1.69. The second-order valence-electron chi connectivity index (χ2n) is 3.97. The molecule has 0 unspecified atom stereocenters. The van der Waals surface area contributed by atoms with E-state index in [0.717, 1.165) is 4.88 Å². The highest BCUT2D eigenvalue weighted by Crippen LogP contribution is 2.20. The van der Waals surface area contributed by atoms with Crippen LogP contribution < -0.4 is 5.32 Å². The molecule has 0 aliphatic heterocycles. The molecule has 1 amide bonds. The molecule has 2 heterocycles. The summed E-state index contributed by atoms with van der Waals surface area (Å²) in [4.78, 5) is 18.4. The highest BCUT2D eigenvalue weighted by atomic mass is 79.9. The molecule has 0 aliphatic carbocycles. The molecule has 2 aromatic heterocycles. The summed E-state index contributed by atoms with van der Waals surface area (Å²) in [5, 5.41) is 2.88. The van der Waals surface area contributed by atoms with Gasteiger partial charge in [0.25, 0.3) is 5.91 Å². The van der Waals surface area contributed by atoms with Crippen molar-refractivity contribution in [1.82, 2.24) is 10.3 Å². The minimum absolute atomic E-state index is 0.161. The van der Waals surface area contributed by atoms with E-state index in [2.05, 4.69) is 46.1 Å². The zero-order valence-corrected chi connectivity index (χ0v) is 12.6. The van der Waals surface area contributed by atoms with E-state index in [1.54, 1.807) is 29.7 Å². The average Bonchev–Trinajstić information content (AvgIpc) is 2.66. The maximum Gasteiger partial charge on any atom is 0.271 e. The summed E-state index contributed by atoms with van der Waals surface area (Å²) < 4.78 is 0.709. The van der Waals surface area contributed by atoms with E-state index < -0.39 is 0 Å². The fourth-order valence-electron chi connectivity index (χ4n) is 1.54. The fourth-order valence-corrected chi connectivity index (χ4v) is 2.97. The molecule has 94 valence electrons. The Morgan fingerprint density at radius 3 is 2.89 bits per heavy atom. The van der Waals surface area contributed by atoms with E-state index in [-0.39, 0.29) is 5.91 Å². The summed E-state index contributed by atoms with van der Waals surface area (Å²) in [6, 6.07) is 5.70. The maximum absolute atomic E-state index is 11.9. The first-order valence-electron chi connectivity index (χ1n) is 5.52. The SMILES string of the molecule is Cc1cc(CNC(=O)c2ncccc2Br)sc1C. The van der Waals surface area contributed by atoms with Gasteiger partial charge in [0.2, 0.25) is 0 Å². The second kappa shape index (κ2) is 5.63. The Labute approximate surface area is 118 Å². The van der Waals surface area contributed by atoms with Gasteiger partial charge in [-0.3, -0.25) is 4.79 Å². The number of rotatable bonds is 3. The van der Waals surface area contributed by atoms with Crippen molar-refractivity contribution >= 4 is 33.2 Å². The van der Waals surface area contributed by atoms with Crippen LogP contribution in [0.3, 0.4) is 0 Å². The van der Waals surface area contributed by atoms with Crippen LogP contribution in [0.5, 0.6) is 0 Å². The summed E-state index contributed by atoms with van der Waals surface area (Å²) in [6.07, 6.45) is 1.61. The Morgan fingerprint density at radius 1 is 1.50 bits per heavy atom. The van der Waals surface area contributed by atoms with Crippen molar-refractivity contribution in [2.75, 3.05) is 0 Å². The Kier molecular flexibility index (Phi) is 4.14. The summed E-state index contributed by atoms with van der Waals surface area (Å²) in [5.74, 6) is -0.161. The van der Waals surface area contributed by atoms with Crippen LogP contribution >= 0.6 is 27.3 Å². The first kappa shape index (κ1) is 13.2. The minimum Gasteiger partial charge on any atom is -0.346 e. The van der Waals surface area contributed by atoms with Gasteiger partial charge in [-0.05, 0) is 53.5 Å². The van der Waals surface area contributed by atoms with Gasteiger partial charge in [0.15, 0.2) is 0 Å². The molecule has 0 spiro atoms. The van der Waals surface area contributed by atoms with Gasteiger partial charge in [-0.1, -0.05) is 0 Å². The maximum atomic E-state index is 11.9. The molecular weight excluding hydrogens is 312 g/mol. The van der Waals surface area contributed by atoms with E-state index in [1.165, 1.54) is 10.4 Å². The van der Waals surface area contributed by atoms with E-state index in [4.69, 9.17) is 0 Å². The Bertz CT molecular complexity index is 561. The lowest BCUT2D eigenvalue weighted by Crippen LogP contribution is -2.23. The van der Waals surface area contributed by atoms with Crippen molar-refractivity contribution in [3.8, 4) is 0 Å². The minimum atomic E-state index is -0.161. The van der Waals surface area contributed by atoms with Crippen molar-refractivity contribution in [3.05, 3.63) is 49.9 Å². The van der Waals surface area contributed by atoms with Crippen LogP contribution in [0.15, 0.2) is 28.9 Å². The van der Waals surface area contributed by atoms with Crippen LogP contribution in [0.1, 0.15) is 25.8 Å². The number of nitrogens with one attached hydrogen (secondary N) is 1. The zero-order chi connectivity index (χ0) is 13.1. The monoisotopic (exact) mass is 324 g/mol. The number of pyridine rings is 1. The normalized spacial score (nSPS) is 10.4. The van der Waals surface area contributed by atoms with Crippen LogP contribution in [0.4, 0.5) is 0 Å². The molecule has 0 bridgehead atoms. The van der Waals surface area contributed by atoms with Gasteiger partial charge in [-0.25, -0.2) is 4.98 Å². The molecule has 0 atom stereocenters. The van der Waals surface area contributed by atoms with Crippen LogP contribution in [0, 0.1) is 13.8 Å². The number of amides is 1. The van der Waals surface area contributed by atoms with Crippen molar-refractivity contribution in [3.63, 3.8) is 0 Å². The second-order valence-corrected chi connectivity index (χ2v) is 6.16. The third-order valence-corrected chi connectivity index (χ3v) is 4.41. The smallest absolute Gasteiger partial charge is 0.271 e. The molecular formula is C13H13BrN2OS.